The van der Waals surface area contributed by atoms with E-state index in [1.807, 2.05) is 6.92 Å². The van der Waals surface area contributed by atoms with Crippen molar-refractivity contribution >= 4 is 17.5 Å². The third-order valence-corrected chi connectivity index (χ3v) is 6.10. The van der Waals surface area contributed by atoms with E-state index in [4.69, 9.17) is 25.8 Å². The Balaban J connectivity index is 1.49. The van der Waals surface area contributed by atoms with Crippen molar-refractivity contribution < 1.29 is 23.4 Å². The number of nitrogens with zero attached hydrogens (tertiary/aromatic N) is 1. The molecule has 1 amide bonds. The molecule has 2 unspecified atom stereocenters. The van der Waals surface area contributed by atoms with Crippen LogP contribution in [0.2, 0.25) is 5.02 Å². The van der Waals surface area contributed by atoms with Crippen molar-refractivity contribution in [3.63, 3.8) is 0 Å². The summed E-state index contributed by atoms with van der Waals surface area (Å²) in [6.07, 6.45) is 1.48. The molecule has 174 valence electrons. The Kier molecular flexibility index (Phi) is 8.73. The summed E-state index contributed by atoms with van der Waals surface area (Å²) in [7, 11) is 3.20. The minimum absolute atomic E-state index is 0.107. The number of amides is 1. The fourth-order valence-electron chi connectivity index (χ4n) is 3.84. The van der Waals surface area contributed by atoms with Crippen LogP contribution in [0.1, 0.15) is 28.8 Å². The van der Waals surface area contributed by atoms with Gasteiger partial charge in [0, 0.05) is 31.8 Å². The van der Waals surface area contributed by atoms with Gasteiger partial charge >= 0.3 is 0 Å². The first-order valence-corrected chi connectivity index (χ1v) is 11.1. The fraction of sp³-hybridized carbons (Fsp3) is 0.458. The highest BCUT2D eigenvalue weighted by molar-refractivity contribution is 6.31. The first-order valence-electron chi connectivity index (χ1n) is 10.7. The van der Waals surface area contributed by atoms with E-state index in [9.17, 15) is 9.18 Å². The van der Waals surface area contributed by atoms with Crippen LogP contribution in [0.4, 0.5) is 4.39 Å². The summed E-state index contributed by atoms with van der Waals surface area (Å²) in [4.78, 5) is 15.2. The van der Waals surface area contributed by atoms with Crippen molar-refractivity contribution in [2.45, 2.75) is 31.9 Å². The number of hydrogen-bond donors (Lipinski definition) is 1. The van der Waals surface area contributed by atoms with Crippen LogP contribution in [-0.4, -0.2) is 63.4 Å². The summed E-state index contributed by atoms with van der Waals surface area (Å²) in [5.41, 5.74) is 1.27. The van der Waals surface area contributed by atoms with Gasteiger partial charge in [-0.1, -0.05) is 11.6 Å². The summed E-state index contributed by atoms with van der Waals surface area (Å²) in [5, 5.41) is 3.61. The van der Waals surface area contributed by atoms with Crippen molar-refractivity contribution in [2.24, 2.45) is 0 Å². The van der Waals surface area contributed by atoms with Gasteiger partial charge in [-0.2, -0.15) is 0 Å². The zero-order valence-corrected chi connectivity index (χ0v) is 19.5. The summed E-state index contributed by atoms with van der Waals surface area (Å²) < 4.78 is 29.7. The van der Waals surface area contributed by atoms with Gasteiger partial charge in [0.1, 0.15) is 17.3 Å². The molecule has 0 aliphatic carbocycles. The first-order chi connectivity index (χ1) is 15.4. The molecule has 0 radical (unpaired) electrons. The van der Waals surface area contributed by atoms with Crippen LogP contribution in [0.15, 0.2) is 36.4 Å². The molecule has 2 aromatic carbocycles. The third kappa shape index (κ3) is 6.34. The molecule has 0 aromatic heterocycles. The topological polar surface area (TPSA) is 60.0 Å². The van der Waals surface area contributed by atoms with Gasteiger partial charge < -0.3 is 24.4 Å². The molecule has 1 fully saturated rings. The molecule has 2 aromatic rings. The van der Waals surface area contributed by atoms with Gasteiger partial charge in [-0.3, -0.25) is 4.79 Å². The molecule has 1 N–H and O–H groups in total. The quantitative estimate of drug-likeness (QED) is 0.566. The predicted molar refractivity (Wildman–Crippen MR) is 122 cm³/mol. The molecule has 6 nitrogen and oxygen atoms in total. The highest BCUT2D eigenvalue weighted by atomic mass is 35.5. The molecule has 32 heavy (non-hydrogen) atoms. The molecule has 1 aliphatic heterocycles. The second-order valence-corrected chi connectivity index (χ2v) is 8.31. The maximum Gasteiger partial charge on any atom is 0.255 e. The SMILES string of the molecule is COc1cc(C)c(Cl)cc1C(=O)NC1CCN(CCCOc2ccc(F)cc2)CC1OC. The molecule has 3 rings (SSSR count). The van der Waals surface area contributed by atoms with Gasteiger partial charge in [0.2, 0.25) is 0 Å². The number of nitrogens with one attached hydrogen (secondary N) is 1. The molecule has 0 spiro atoms. The van der Waals surface area contributed by atoms with Crippen molar-refractivity contribution in [3.05, 3.63) is 58.4 Å². The lowest BCUT2D eigenvalue weighted by atomic mass is 10.0. The molecular formula is C24H30ClFN2O4. The van der Waals surface area contributed by atoms with E-state index in [1.54, 1.807) is 31.4 Å². The molecular weight excluding hydrogens is 435 g/mol. The van der Waals surface area contributed by atoms with E-state index in [0.717, 1.165) is 31.5 Å². The lowest BCUT2D eigenvalue weighted by molar-refractivity contribution is 0.00527. The number of aryl methyl sites for hydroxylation is 1. The Bertz CT molecular complexity index is 910. The number of methoxy groups -OCH3 is 2. The number of benzene rings is 2. The van der Waals surface area contributed by atoms with E-state index >= 15 is 0 Å². The van der Waals surface area contributed by atoms with Crippen LogP contribution in [0, 0.1) is 12.7 Å². The third-order valence-electron chi connectivity index (χ3n) is 5.69. The van der Waals surface area contributed by atoms with Crippen molar-refractivity contribution in [1.29, 1.82) is 0 Å². The van der Waals surface area contributed by atoms with Gasteiger partial charge in [0.25, 0.3) is 5.91 Å². The number of rotatable bonds is 9. The Hall–Kier alpha value is -2.35. The minimum atomic E-state index is -0.276. The van der Waals surface area contributed by atoms with Gasteiger partial charge in [0.05, 0.1) is 31.4 Å². The average molecular weight is 465 g/mol. The molecule has 1 saturated heterocycles. The largest absolute Gasteiger partial charge is 0.496 e. The van der Waals surface area contributed by atoms with Crippen molar-refractivity contribution in [2.75, 3.05) is 40.5 Å². The first kappa shape index (κ1) is 24.3. The Labute approximate surface area is 193 Å². The number of likely N-dealkylation sites (tertiary alicyclic amines) is 1. The lowest BCUT2D eigenvalue weighted by Gasteiger charge is -2.38. The Morgan fingerprint density at radius 3 is 2.69 bits per heavy atom. The zero-order valence-electron chi connectivity index (χ0n) is 18.7. The highest BCUT2D eigenvalue weighted by Gasteiger charge is 2.31. The summed E-state index contributed by atoms with van der Waals surface area (Å²) >= 11 is 6.22. The standard InChI is InChI=1S/C24H30ClFN2O4/c1-16-13-22(30-2)19(14-20(16)25)24(29)27-21-9-11-28(15-23(21)31-3)10-4-12-32-18-7-5-17(26)6-8-18/h5-8,13-14,21,23H,4,9-12,15H2,1-3H3,(H,27,29). The second kappa shape index (κ2) is 11.5. The van der Waals surface area contributed by atoms with Crippen molar-refractivity contribution in [1.82, 2.24) is 10.2 Å². The fourth-order valence-corrected chi connectivity index (χ4v) is 4.01. The van der Waals surface area contributed by atoms with Crippen LogP contribution in [-0.2, 0) is 4.74 Å². The normalized spacial score (nSPS) is 18.9. The van der Waals surface area contributed by atoms with E-state index in [1.165, 1.54) is 19.2 Å². The number of hydrogen-bond acceptors (Lipinski definition) is 5. The summed E-state index contributed by atoms with van der Waals surface area (Å²) in [5.74, 6) is 0.657. The number of ether oxygens (including phenoxy) is 3. The monoisotopic (exact) mass is 464 g/mol. The Morgan fingerprint density at radius 2 is 2.00 bits per heavy atom. The number of carbonyl (C=O) groups is 1. The van der Waals surface area contributed by atoms with E-state index in [0.29, 0.717) is 35.2 Å². The number of halogens is 2. The summed E-state index contributed by atoms with van der Waals surface area (Å²) in [6, 6.07) is 9.32. The zero-order chi connectivity index (χ0) is 23.1. The van der Waals surface area contributed by atoms with Gasteiger partial charge in [0.15, 0.2) is 0 Å². The van der Waals surface area contributed by atoms with Gasteiger partial charge in [-0.25, -0.2) is 4.39 Å². The average Bonchev–Trinajstić information content (AvgIpc) is 2.80. The molecule has 2 atom stereocenters. The molecule has 0 saturated carbocycles. The number of carbonyl (C=O) groups excluding carboxylic acids is 1. The van der Waals surface area contributed by atoms with E-state index in [-0.39, 0.29) is 23.9 Å². The maximum absolute atomic E-state index is 13.0. The van der Waals surface area contributed by atoms with Gasteiger partial charge in [-0.15, -0.1) is 0 Å². The molecule has 1 heterocycles. The molecule has 8 heteroatoms. The minimum Gasteiger partial charge on any atom is -0.496 e. The van der Waals surface area contributed by atoms with Crippen LogP contribution >= 0.6 is 11.6 Å². The predicted octanol–water partition coefficient (Wildman–Crippen LogP) is 4.08. The van der Waals surface area contributed by atoms with Crippen LogP contribution in [0.5, 0.6) is 11.5 Å². The molecule has 0 bridgehead atoms. The second-order valence-electron chi connectivity index (χ2n) is 7.90. The van der Waals surface area contributed by atoms with Crippen LogP contribution < -0.4 is 14.8 Å². The van der Waals surface area contributed by atoms with E-state index in [2.05, 4.69) is 10.2 Å². The van der Waals surface area contributed by atoms with E-state index < -0.39 is 0 Å². The van der Waals surface area contributed by atoms with Gasteiger partial charge in [-0.05, 0) is 61.7 Å². The maximum atomic E-state index is 13.0. The van der Waals surface area contributed by atoms with Crippen LogP contribution in [0.25, 0.3) is 0 Å². The smallest absolute Gasteiger partial charge is 0.255 e. The number of piperidine rings is 1. The van der Waals surface area contributed by atoms with Crippen LogP contribution in [0.3, 0.4) is 0 Å². The lowest BCUT2D eigenvalue weighted by Crippen LogP contribution is -2.55. The highest BCUT2D eigenvalue weighted by Crippen LogP contribution is 2.27. The molecule has 1 aliphatic rings. The Morgan fingerprint density at radius 1 is 1.25 bits per heavy atom. The summed E-state index contributed by atoms with van der Waals surface area (Å²) in [6.45, 7) is 4.82. The van der Waals surface area contributed by atoms with Crippen molar-refractivity contribution in [3.8, 4) is 11.5 Å².